The zero-order chi connectivity index (χ0) is 10.1. The number of rotatable bonds is 1. The molecule has 0 aliphatic carbocycles. The SMILES string of the molecule is Brc1ccc(I)c(-c2nnc(I)o2)c1. The van der Waals surface area contributed by atoms with Crippen molar-refractivity contribution in [1.29, 1.82) is 0 Å². The van der Waals surface area contributed by atoms with E-state index in [2.05, 4.69) is 48.7 Å². The third-order valence-electron chi connectivity index (χ3n) is 1.56. The van der Waals surface area contributed by atoms with Gasteiger partial charge in [-0.3, -0.25) is 0 Å². The molecular weight excluding hydrogens is 474 g/mol. The summed E-state index contributed by atoms with van der Waals surface area (Å²) in [5, 5.41) is 7.75. The van der Waals surface area contributed by atoms with Crippen molar-refractivity contribution in [3.63, 3.8) is 0 Å². The van der Waals surface area contributed by atoms with Gasteiger partial charge in [0.05, 0.1) is 5.56 Å². The van der Waals surface area contributed by atoms with Crippen molar-refractivity contribution in [3.05, 3.63) is 30.1 Å². The van der Waals surface area contributed by atoms with E-state index in [4.69, 9.17) is 4.42 Å². The van der Waals surface area contributed by atoms with Crippen LogP contribution in [-0.2, 0) is 0 Å². The lowest BCUT2D eigenvalue weighted by Gasteiger charge is -1.99. The molecule has 72 valence electrons. The van der Waals surface area contributed by atoms with E-state index in [1.807, 2.05) is 40.8 Å². The molecule has 2 aromatic rings. The van der Waals surface area contributed by atoms with Crippen molar-refractivity contribution in [2.45, 2.75) is 0 Å². The summed E-state index contributed by atoms with van der Waals surface area (Å²) in [7, 11) is 0. The van der Waals surface area contributed by atoms with Crippen LogP contribution in [-0.4, -0.2) is 10.2 Å². The van der Waals surface area contributed by atoms with Gasteiger partial charge in [-0.2, -0.15) is 0 Å². The van der Waals surface area contributed by atoms with Crippen molar-refractivity contribution in [1.82, 2.24) is 10.2 Å². The number of aromatic nitrogens is 2. The third kappa shape index (κ3) is 2.27. The Balaban J connectivity index is 2.55. The first-order chi connectivity index (χ1) is 6.66. The Morgan fingerprint density at radius 3 is 2.64 bits per heavy atom. The minimum atomic E-state index is 0.549. The second-order valence-electron chi connectivity index (χ2n) is 2.48. The van der Waals surface area contributed by atoms with E-state index in [1.165, 1.54) is 0 Å². The van der Waals surface area contributed by atoms with Gasteiger partial charge >= 0.3 is 0 Å². The Morgan fingerprint density at radius 2 is 2.00 bits per heavy atom. The van der Waals surface area contributed by atoms with Gasteiger partial charge in [0.15, 0.2) is 0 Å². The van der Waals surface area contributed by atoms with E-state index < -0.39 is 0 Å². The Hall–Kier alpha value is 0.300. The monoisotopic (exact) mass is 476 g/mol. The van der Waals surface area contributed by atoms with Gasteiger partial charge in [0, 0.05) is 30.6 Å². The molecule has 14 heavy (non-hydrogen) atoms. The fourth-order valence-electron chi connectivity index (χ4n) is 0.976. The van der Waals surface area contributed by atoms with Crippen LogP contribution in [0.1, 0.15) is 0 Å². The van der Waals surface area contributed by atoms with Crippen LogP contribution in [0.5, 0.6) is 0 Å². The van der Waals surface area contributed by atoms with Gasteiger partial charge in [0.1, 0.15) is 0 Å². The number of benzene rings is 1. The molecule has 0 saturated carbocycles. The lowest BCUT2D eigenvalue weighted by Crippen LogP contribution is -1.83. The normalized spacial score (nSPS) is 10.5. The number of halogens is 3. The predicted octanol–water partition coefficient (Wildman–Crippen LogP) is 3.71. The van der Waals surface area contributed by atoms with E-state index in [9.17, 15) is 0 Å². The van der Waals surface area contributed by atoms with Crippen molar-refractivity contribution in [3.8, 4) is 11.5 Å². The third-order valence-corrected chi connectivity index (χ3v) is 3.43. The van der Waals surface area contributed by atoms with E-state index in [0.717, 1.165) is 13.6 Å². The largest absolute Gasteiger partial charge is 0.412 e. The van der Waals surface area contributed by atoms with Gasteiger partial charge in [-0.05, 0) is 40.8 Å². The molecule has 0 aliphatic heterocycles. The highest BCUT2D eigenvalue weighted by atomic mass is 127. The summed E-state index contributed by atoms with van der Waals surface area (Å²) in [6, 6.07) is 5.94. The van der Waals surface area contributed by atoms with Gasteiger partial charge < -0.3 is 4.42 Å². The lowest BCUT2D eigenvalue weighted by molar-refractivity contribution is 0.536. The van der Waals surface area contributed by atoms with Crippen molar-refractivity contribution < 1.29 is 4.42 Å². The minimum Gasteiger partial charge on any atom is -0.412 e. The second-order valence-corrected chi connectivity index (χ2v) is 5.49. The Bertz CT molecular complexity index is 472. The van der Waals surface area contributed by atoms with Crippen LogP contribution in [0.25, 0.3) is 11.5 Å². The topological polar surface area (TPSA) is 38.9 Å². The molecule has 1 aromatic heterocycles. The molecule has 6 heteroatoms. The van der Waals surface area contributed by atoms with E-state index >= 15 is 0 Å². The predicted molar refractivity (Wildman–Crippen MR) is 72.9 cm³/mol. The average Bonchev–Trinajstić information content (AvgIpc) is 2.56. The molecule has 2 rings (SSSR count). The first-order valence-corrected chi connectivity index (χ1v) is 6.56. The first kappa shape index (κ1) is 10.8. The second kappa shape index (κ2) is 4.44. The molecule has 3 nitrogen and oxygen atoms in total. The molecule has 0 amide bonds. The highest BCUT2D eigenvalue weighted by Gasteiger charge is 2.10. The molecule has 0 bridgehead atoms. The van der Waals surface area contributed by atoms with E-state index in [0.29, 0.717) is 9.79 Å². The van der Waals surface area contributed by atoms with E-state index in [1.54, 1.807) is 0 Å². The maximum atomic E-state index is 5.34. The van der Waals surface area contributed by atoms with Crippen molar-refractivity contribution in [2.24, 2.45) is 0 Å². The lowest BCUT2D eigenvalue weighted by atomic mass is 10.2. The molecule has 0 N–H and O–H groups in total. The summed E-state index contributed by atoms with van der Waals surface area (Å²) in [5.41, 5.74) is 0.954. The quantitative estimate of drug-likeness (QED) is 0.589. The molecule has 0 aliphatic rings. The standard InChI is InChI=1S/C8H3BrI2N2O/c9-4-1-2-6(10)5(3-4)7-12-13-8(11)14-7/h1-3H. The highest BCUT2D eigenvalue weighted by Crippen LogP contribution is 2.27. The molecule has 1 heterocycles. The zero-order valence-electron chi connectivity index (χ0n) is 6.67. The Morgan fingerprint density at radius 1 is 1.21 bits per heavy atom. The number of hydrogen-bond donors (Lipinski definition) is 0. The van der Waals surface area contributed by atoms with Crippen LogP contribution < -0.4 is 0 Å². The molecular formula is C8H3BrI2N2O. The van der Waals surface area contributed by atoms with Gasteiger partial charge in [0.25, 0.3) is 3.90 Å². The molecule has 0 radical (unpaired) electrons. The van der Waals surface area contributed by atoms with E-state index in [-0.39, 0.29) is 0 Å². The summed E-state index contributed by atoms with van der Waals surface area (Å²) in [6.07, 6.45) is 0. The summed E-state index contributed by atoms with van der Waals surface area (Å²) in [5.74, 6) is 0.556. The van der Waals surface area contributed by atoms with Crippen molar-refractivity contribution in [2.75, 3.05) is 0 Å². The minimum absolute atomic E-state index is 0.549. The van der Waals surface area contributed by atoms with Gasteiger partial charge in [-0.1, -0.05) is 15.9 Å². The average molecular weight is 477 g/mol. The fourth-order valence-corrected chi connectivity index (χ4v) is 2.22. The summed E-state index contributed by atoms with van der Waals surface area (Å²) >= 11 is 7.64. The molecule has 0 atom stereocenters. The van der Waals surface area contributed by atoms with Gasteiger partial charge in [-0.25, -0.2) is 0 Å². The first-order valence-electron chi connectivity index (χ1n) is 3.61. The smallest absolute Gasteiger partial charge is 0.278 e. The van der Waals surface area contributed by atoms with Crippen molar-refractivity contribution >= 4 is 61.1 Å². The van der Waals surface area contributed by atoms with Gasteiger partial charge in [0.2, 0.25) is 5.89 Å². The zero-order valence-corrected chi connectivity index (χ0v) is 12.6. The van der Waals surface area contributed by atoms with Gasteiger partial charge in [-0.15, -0.1) is 10.2 Å². The van der Waals surface area contributed by atoms with Crippen LogP contribution in [0.15, 0.2) is 27.1 Å². The summed E-state index contributed by atoms with van der Waals surface area (Å²) in [4.78, 5) is 0. The molecule has 0 fully saturated rings. The Kier molecular flexibility index (Phi) is 3.42. The maximum Gasteiger partial charge on any atom is 0.278 e. The summed E-state index contributed by atoms with van der Waals surface area (Å²) in [6.45, 7) is 0. The molecule has 0 unspecified atom stereocenters. The van der Waals surface area contributed by atoms with Crippen LogP contribution in [0.3, 0.4) is 0 Å². The number of hydrogen-bond acceptors (Lipinski definition) is 3. The van der Waals surface area contributed by atoms with Crippen LogP contribution >= 0.6 is 61.1 Å². The Labute approximate surface area is 116 Å². The molecule has 1 aromatic carbocycles. The summed E-state index contributed by atoms with van der Waals surface area (Å²) < 4.78 is 7.98. The van der Waals surface area contributed by atoms with Crippen LogP contribution in [0, 0.1) is 7.47 Å². The maximum absolute atomic E-state index is 5.34. The van der Waals surface area contributed by atoms with Crippen LogP contribution in [0.4, 0.5) is 0 Å². The molecule has 0 spiro atoms. The highest BCUT2D eigenvalue weighted by molar-refractivity contribution is 14.1. The van der Waals surface area contributed by atoms with Crippen LogP contribution in [0.2, 0.25) is 0 Å². The molecule has 0 saturated heterocycles. The fraction of sp³-hybridized carbons (Fsp3) is 0. The number of nitrogens with zero attached hydrogens (tertiary/aromatic N) is 2.